The minimum Gasteiger partial charge on any atom is -0.477 e. The van der Waals surface area contributed by atoms with Gasteiger partial charge in [-0.1, -0.05) is 0 Å². The summed E-state index contributed by atoms with van der Waals surface area (Å²) in [5, 5.41) is 50.9. The average molecular weight is 409 g/mol. The molecule has 6 N–H and O–H groups in total. The SMILES string of the molecule is CC(=O)OC[C@@H](O)[C@@H](O)[C@@H]1OC(O)(C(=O)O)C[C@H](OC(C)=O)[C@H]1NC(=O)CO. The van der Waals surface area contributed by atoms with Crippen LogP contribution in [0, 0.1) is 0 Å². The third-order valence-electron chi connectivity index (χ3n) is 3.87. The van der Waals surface area contributed by atoms with E-state index in [0.717, 1.165) is 13.8 Å². The van der Waals surface area contributed by atoms with Gasteiger partial charge in [0.15, 0.2) is 0 Å². The zero-order valence-corrected chi connectivity index (χ0v) is 15.1. The first-order chi connectivity index (χ1) is 12.9. The molecule has 28 heavy (non-hydrogen) atoms. The number of rotatable bonds is 8. The second-order valence-electron chi connectivity index (χ2n) is 6.14. The van der Waals surface area contributed by atoms with Crippen molar-refractivity contribution in [1.29, 1.82) is 0 Å². The molecule has 6 atom stereocenters. The molecule has 13 heteroatoms. The summed E-state index contributed by atoms with van der Waals surface area (Å²) in [4.78, 5) is 45.2. The fraction of sp³-hybridized carbons (Fsp3) is 0.733. The van der Waals surface area contributed by atoms with Crippen molar-refractivity contribution in [2.24, 2.45) is 0 Å². The number of carboxylic acids is 1. The number of ether oxygens (including phenoxy) is 3. The molecule has 0 saturated carbocycles. The van der Waals surface area contributed by atoms with Crippen LogP contribution in [0.15, 0.2) is 0 Å². The van der Waals surface area contributed by atoms with Gasteiger partial charge in [-0.3, -0.25) is 14.4 Å². The molecule has 0 aliphatic carbocycles. The maximum atomic E-state index is 11.6. The molecular weight excluding hydrogens is 386 g/mol. The summed E-state index contributed by atoms with van der Waals surface area (Å²) in [6.45, 7) is 0.327. The summed E-state index contributed by atoms with van der Waals surface area (Å²) in [7, 11) is 0. The Morgan fingerprint density at radius 2 is 1.82 bits per heavy atom. The number of aliphatic hydroxyl groups excluding tert-OH is 3. The predicted molar refractivity (Wildman–Crippen MR) is 85.3 cm³/mol. The third kappa shape index (κ3) is 6.10. The molecule has 1 heterocycles. The molecule has 0 aromatic heterocycles. The molecule has 0 bridgehead atoms. The van der Waals surface area contributed by atoms with Gasteiger partial charge < -0.3 is 45.1 Å². The van der Waals surface area contributed by atoms with Crippen LogP contribution in [0.3, 0.4) is 0 Å². The summed E-state index contributed by atoms with van der Waals surface area (Å²) >= 11 is 0. The Bertz CT molecular complexity index is 610. The Labute approximate surface area is 158 Å². The van der Waals surface area contributed by atoms with E-state index in [1.54, 1.807) is 0 Å². The summed E-state index contributed by atoms with van der Waals surface area (Å²) < 4.78 is 14.5. The van der Waals surface area contributed by atoms with Gasteiger partial charge in [0.1, 0.15) is 37.6 Å². The first-order valence-electron chi connectivity index (χ1n) is 8.11. The predicted octanol–water partition coefficient (Wildman–Crippen LogP) is -3.76. The number of carbonyl (C=O) groups excluding carboxylic acids is 3. The lowest BCUT2D eigenvalue weighted by atomic mass is 9.88. The summed E-state index contributed by atoms with van der Waals surface area (Å²) in [6, 6.07) is -1.45. The van der Waals surface area contributed by atoms with E-state index in [1.807, 2.05) is 0 Å². The molecular formula is C15H23NO12. The molecule has 0 aromatic carbocycles. The zero-order chi connectivity index (χ0) is 21.6. The fourth-order valence-corrected chi connectivity index (χ4v) is 2.63. The summed E-state index contributed by atoms with van der Waals surface area (Å²) in [5.74, 6) is -7.45. The molecule has 1 saturated heterocycles. The molecule has 13 nitrogen and oxygen atoms in total. The number of hydrogen-bond acceptors (Lipinski definition) is 11. The van der Waals surface area contributed by atoms with Crippen LogP contribution < -0.4 is 5.32 Å². The average Bonchev–Trinajstić information content (AvgIpc) is 2.60. The standard InChI is InChI=1S/C15H23NO12/c1-6(18)26-5-8(20)12(22)13-11(16-10(21)4-17)9(27-7(2)19)3-15(25,28-13)14(23)24/h8-9,11-13,17,20,22,25H,3-5H2,1-2H3,(H,16,21)(H,23,24)/t8-,9+,11-,12-,13-,15?/m1/s1. The van der Waals surface area contributed by atoms with Gasteiger partial charge >= 0.3 is 17.9 Å². The summed E-state index contributed by atoms with van der Waals surface area (Å²) in [5.41, 5.74) is 0. The molecule has 1 rings (SSSR count). The number of aliphatic hydroxyl groups is 4. The second-order valence-corrected chi connectivity index (χ2v) is 6.14. The van der Waals surface area contributed by atoms with E-state index in [0.29, 0.717) is 0 Å². The van der Waals surface area contributed by atoms with Crippen molar-refractivity contribution in [2.45, 2.75) is 56.5 Å². The lowest BCUT2D eigenvalue weighted by Crippen LogP contribution is -2.68. The fourth-order valence-electron chi connectivity index (χ4n) is 2.63. The van der Waals surface area contributed by atoms with Gasteiger partial charge in [-0.05, 0) is 0 Å². The Balaban J connectivity index is 3.23. The van der Waals surface area contributed by atoms with Gasteiger partial charge in [-0.15, -0.1) is 0 Å². The topological polar surface area (TPSA) is 209 Å². The van der Waals surface area contributed by atoms with E-state index >= 15 is 0 Å². The van der Waals surface area contributed by atoms with E-state index in [-0.39, 0.29) is 0 Å². The van der Waals surface area contributed by atoms with Gasteiger partial charge in [0.2, 0.25) is 5.91 Å². The Kier molecular flexibility index (Phi) is 8.26. The molecule has 1 unspecified atom stereocenters. The highest BCUT2D eigenvalue weighted by Gasteiger charge is 2.55. The summed E-state index contributed by atoms with van der Waals surface area (Å²) in [6.07, 6.45) is -7.94. The van der Waals surface area contributed by atoms with Crippen molar-refractivity contribution in [3.05, 3.63) is 0 Å². The molecule has 1 fully saturated rings. The maximum absolute atomic E-state index is 11.6. The van der Waals surface area contributed by atoms with Crippen molar-refractivity contribution in [3.63, 3.8) is 0 Å². The molecule has 0 aromatic rings. The van der Waals surface area contributed by atoms with Crippen molar-refractivity contribution >= 4 is 23.8 Å². The van der Waals surface area contributed by atoms with Crippen LogP contribution in [-0.4, -0.2) is 98.8 Å². The molecule has 0 spiro atoms. The molecule has 0 radical (unpaired) electrons. The normalized spacial score (nSPS) is 29.3. The number of carbonyl (C=O) groups is 4. The Morgan fingerprint density at radius 3 is 2.29 bits per heavy atom. The number of carboxylic acid groups (broad SMARTS) is 1. The second kappa shape index (κ2) is 9.75. The lowest BCUT2D eigenvalue weighted by molar-refractivity contribution is -0.296. The number of amides is 1. The Hall–Kier alpha value is -2.32. The number of nitrogens with one attached hydrogen (secondary N) is 1. The number of hydrogen-bond donors (Lipinski definition) is 6. The van der Waals surface area contributed by atoms with E-state index in [2.05, 4.69) is 10.1 Å². The highest BCUT2D eigenvalue weighted by Crippen LogP contribution is 2.32. The van der Waals surface area contributed by atoms with E-state index in [1.165, 1.54) is 0 Å². The van der Waals surface area contributed by atoms with Crippen LogP contribution in [0.2, 0.25) is 0 Å². The first-order valence-corrected chi connectivity index (χ1v) is 8.11. The van der Waals surface area contributed by atoms with Crippen molar-refractivity contribution in [3.8, 4) is 0 Å². The highest BCUT2D eigenvalue weighted by atomic mass is 16.7. The van der Waals surface area contributed by atoms with Crippen LogP contribution in [0.4, 0.5) is 0 Å². The van der Waals surface area contributed by atoms with Crippen LogP contribution in [0.1, 0.15) is 20.3 Å². The lowest BCUT2D eigenvalue weighted by Gasteiger charge is -2.45. The van der Waals surface area contributed by atoms with Crippen molar-refractivity contribution in [1.82, 2.24) is 5.32 Å². The first kappa shape index (κ1) is 23.7. The monoisotopic (exact) mass is 409 g/mol. The minimum atomic E-state index is -2.92. The van der Waals surface area contributed by atoms with Crippen LogP contribution in [0.5, 0.6) is 0 Å². The van der Waals surface area contributed by atoms with Gasteiger partial charge in [0.05, 0.1) is 12.5 Å². The van der Waals surface area contributed by atoms with Crippen molar-refractivity contribution < 1.29 is 58.9 Å². The number of esters is 2. The largest absolute Gasteiger partial charge is 0.477 e. The van der Waals surface area contributed by atoms with E-state index in [4.69, 9.17) is 14.6 Å². The number of aliphatic carboxylic acids is 1. The molecule has 1 aliphatic heterocycles. The molecule has 1 amide bonds. The van der Waals surface area contributed by atoms with Gasteiger partial charge in [-0.2, -0.15) is 0 Å². The van der Waals surface area contributed by atoms with Crippen LogP contribution in [-0.2, 0) is 33.4 Å². The highest BCUT2D eigenvalue weighted by molar-refractivity contribution is 5.78. The molecule has 160 valence electrons. The maximum Gasteiger partial charge on any atom is 0.364 e. The Morgan fingerprint density at radius 1 is 1.21 bits per heavy atom. The van der Waals surface area contributed by atoms with Crippen LogP contribution >= 0.6 is 0 Å². The van der Waals surface area contributed by atoms with Crippen molar-refractivity contribution in [2.75, 3.05) is 13.2 Å². The van der Waals surface area contributed by atoms with Crippen LogP contribution in [0.25, 0.3) is 0 Å². The van der Waals surface area contributed by atoms with E-state index < -0.39 is 79.7 Å². The smallest absolute Gasteiger partial charge is 0.364 e. The van der Waals surface area contributed by atoms with Gasteiger partial charge in [-0.25, -0.2) is 4.79 Å². The minimum absolute atomic E-state index is 0.708. The van der Waals surface area contributed by atoms with Gasteiger partial charge in [0.25, 0.3) is 5.79 Å². The zero-order valence-electron chi connectivity index (χ0n) is 15.1. The van der Waals surface area contributed by atoms with E-state index in [9.17, 15) is 39.6 Å². The van der Waals surface area contributed by atoms with Gasteiger partial charge in [0, 0.05) is 13.8 Å². The third-order valence-corrected chi connectivity index (χ3v) is 3.87. The quantitative estimate of drug-likeness (QED) is 0.214. The molecule has 1 aliphatic rings.